The maximum Gasteiger partial charge on any atom is 0.256 e. The van der Waals surface area contributed by atoms with E-state index in [0.717, 1.165) is 24.1 Å². The molecule has 1 aliphatic heterocycles. The molecular formula is C19H21ClN2O2. The summed E-state index contributed by atoms with van der Waals surface area (Å²) in [6.45, 7) is 1.64. The summed E-state index contributed by atoms with van der Waals surface area (Å²) in [6, 6.07) is 15.1. The number of amides is 1. The van der Waals surface area contributed by atoms with Crippen LogP contribution in [0.4, 0.5) is 5.69 Å². The number of piperidine rings is 1. The molecule has 2 aromatic carbocycles. The quantitative estimate of drug-likeness (QED) is 0.891. The van der Waals surface area contributed by atoms with E-state index in [9.17, 15) is 9.90 Å². The first-order valence-corrected chi connectivity index (χ1v) is 8.56. The lowest BCUT2D eigenvalue weighted by Gasteiger charge is -2.30. The van der Waals surface area contributed by atoms with Crippen molar-refractivity contribution in [3.8, 4) is 0 Å². The Morgan fingerprint density at radius 2 is 1.96 bits per heavy atom. The number of likely N-dealkylation sites (tertiary alicyclic amines) is 1. The molecule has 1 saturated heterocycles. The number of nitrogens with zero attached hydrogens (tertiary/aromatic N) is 1. The van der Waals surface area contributed by atoms with Crippen molar-refractivity contribution in [3.63, 3.8) is 0 Å². The van der Waals surface area contributed by atoms with Crippen LogP contribution in [0, 0.1) is 0 Å². The van der Waals surface area contributed by atoms with E-state index in [2.05, 4.69) is 5.32 Å². The van der Waals surface area contributed by atoms with Crippen LogP contribution in [-0.2, 0) is 6.54 Å². The van der Waals surface area contributed by atoms with Gasteiger partial charge in [0.1, 0.15) is 0 Å². The van der Waals surface area contributed by atoms with Crippen molar-refractivity contribution in [3.05, 3.63) is 64.7 Å². The number of halogens is 1. The molecule has 0 radical (unpaired) electrons. The normalized spacial score (nSPS) is 17.6. The Morgan fingerprint density at radius 1 is 1.21 bits per heavy atom. The number of aliphatic hydroxyl groups is 1. The van der Waals surface area contributed by atoms with Gasteiger partial charge in [-0.05, 0) is 36.6 Å². The van der Waals surface area contributed by atoms with Crippen LogP contribution < -0.4 is 5.32 Å². The fourth-order valence-corrected chi connectivity index (χ4v) is 3.17. The van der Waals surface area contributed by atoms with Gasteiger partial charge in [-0.2, -0.15) is 0 Å². The third-order valence-corrected chi connectivity index (χ3v) is 4.64. The summed E-state index contributed by atoms with van der Waals surface area (Å²) in [6.07, 6.45) is 1.17. The molecule has 2 N–H and O–H groups in total. The zero-order valence-corrected chi connectivity index (χ0v) is 14.2. The largest absolute Gasteiger partial charge is 0.391 e. The molecule has 2 aromatic rings. The number of hydrogen-bond acceptors (Lipinski definition) is 3. The molecule has 1 amide bonds. The van der Waals surface area contributed by atoms with Gasteiger partial charge in [-0.3, -0.25) is 4.79 Å². The predicted octanol–water partition coefficient (Wildman–Crippen LogP) is 3.55. The number of rotatable bonds is 4. The molecule has 0 spiro atoms. The Morgan fingerprint density at radius 3 is 2.75 bits per heavy atom. The van der Waals surface area contributed by atoms with Crippen molar-refractivity contribution in [2.75, 3.05) is 18.4 Å². The van der Waals surface area contributed by atoms with Gasteiger partial charge in [-0.15, -0.1) is 0 Å². The van der Waals surface area contributed by atoms with Gasteiger partial charge in [0, 0.05) is 30.3 Å². The minimum absolute atomic E-state index is 0.0454. The van der Waals surface area contributed by atoms with E-state index in [0.29, 0.717) is 30.2 Å². The molecule has 0 saturated carbocycles. The second-order valence-corrected chi connectivity index (χ2v) is 6.44. The second-order valence-electron chi connectivity index (χ2n) is 6.04. The number of hydrogen-bond donors (Lipinski definition) is 2. The van der Waals surface area contributed by atoms with Crippen molar-refractivity contribution < 1.29 is 9.90 Å². The first kappa shape index (κ1) is 16.8. The molecule has 1 fully saturated rings. The van der Waals surface area contributed by atoms with E-state index in [4.69, 9.17) is 11.6 Å². The average molecular weight is 345 g/mol. The number of aliphatic hydroxyl groups excluding tert-OH is 1. The third-order valence-electron chi connectivity index (χ3n) is 4.27. The number of carbonyl (C=O) groups excluding carboxylic acids is 1. The van der Waals surface area contributed by atoms with Gasteiger partial charge in [0.15, 0.2) is 0 Å². The average Bonchev–Trinajstić information content (AvgIpc) is 2.61. The number of anilines is 1. The molecule has 3 rings (SSSR count). The second kappa shape index (κ2) is 7.69. The van der Waals surface area contributed by atoms with Crippen molar-refractivity contribution in [1.82, 2.24) is 4.90 Å². The Kier molecular flexibility index (Phi) is 5.38. The SMILES string of the molecule is O=C(c1ccccc1NCc1ccccc1Cl)N1CCCC(O)C1. The highest BCUT2D eigenvalue weighted by molar-refractivity contribution is 6.31. The van der Waals surface area contributed by atoms with Crippen LogP contribution in [-0.4, -0.2) is 35.1 Å². The number of para-hydroxylation sites is 1. The van der Waals surface area contributed by atoms with Crippen LogP contribution in [0.1, 0.15) is 28.8 Å². The Balaban J connectivity index is 1.75. The maximum absolute atomic E-state index is 12.8. The highest BCUT2D eigenvalue weighted by Crippen LogP contribution is 2.22. The monoisotopic (exact) mass is 344 g/mol. The summed E-state index contributed by atoms with van der Waals surface area (Å²) < 4.78 is 0. The lowest BCUT2D eigenvalue weighted by molar-refractivity contribution is 0.0474. The molecule has 126 valence electrons. The van der Waals surface area contributed by atoms with Crippen molar-refractivity contribution >= 4 is 23.2 Å². The highest BCUT2D eigenvalue weighted by Gasteiger charge is 2.24. The van der Waals surface area contributed by atoms with Gasteiger partial charge < -0.3 is 15.3 Å². The van der Waals surface area contributed by atoms with E-state index in [-0.39, 0.29) is 5.91 Å². The summed E-state index contributed by atoms with van der Waals surface area (Å²) in [5, 5.41) is 13.8. The molecule has 5 heteroatoms. The molecule has 1 atom stereocenters. The number of benzene rings is 2. The first-order chi connectivity index (χ1) is 11.6. The molecule has 0 aliphatic carbocycles. The van der Waals surface area contributed by atoms with Gasteiger partial charge in [0.2, 0.25) is 0 Å². The van der Waals surface area contributed by atoms with E-state index in [1.165, 1.54) is 0 Å². The van der Waals surface area contributed by atoms with E-state index < -0.39 is 6.10 Å². The van der Waals surface area contributed by atoms with Crippen LogP contribution in [0.15, 0.2) is 48.5 Å². The molecule has 1 unspecified atom stereocenters. The van der Waals surface area contributed by atoms with Gasteiger partial charge in [-0.25, -0.2) is 0 Å². The van der Waals surface area contributed by atoms with Gasteiger partial charge in [0.25, 0.3) is 5.91 Å². The van der Waals surface area contributed by atoms with Gasteiger partial charge in [-0.1, -0.05) is 41.9 Å². The first-order valence-electron chi connectivity index (χ1n) is 8.19. The zero-order valence-electron chi connectivity index (χ0n) is 13.4. The lowest BCUT2D eigenvalue weighted by atomic mass is 10.1. The fourth-order valence-electron chi connectivity index (χ4n) is 2.97. The highest BCUT2D eigenvalue weighted by atomic mass is 35.5. The molecule has 0 aromatic heterocycles. The number of β-amino-alcohol motifs (C(OH)–C–C–N with tert-alkyl or cyclic N) is 1. The summed E-state index contributed by atoms with van der Waals surface area (Å²) in [5.41, 5.74) is 2.39. The van der Waals surface area contributed by atoms with Crippen molar-refractivity contribution in [1.29, 1.82) is 0 Å². The minimum atomic E-state index is -0.425. The smallest absolute Gasteiger partial charge is 0.256 e. The zero-order chi connectivity index (χ0) is 16.9. The fraction of sp³-hybridized carbons (Fsp3) is 0.316. The van der Waals surface area contributed by atoms with Crippen molar-refractivity contribution in [2.24, 2.45) is 0 Å². The van der Waals surface area contributed by atoms with Gasteiger partial charge >= 0.3 is 0 Å². The van der Waals surface area contributed by atoms with Crippen molar-refractivity contribution in [2.45, 2.75) is 25.5 Å². The van der Waals surface area contributed by atoms with Crippen LogP contribution in [0.3, 0.4) is 0 Å². The maximum atomic E-state index is 12.8. The molecule has 1 aliphatic rings. The Hall–Kier alpha value is -2.04. The van der Waals surface area contributed by atoms with E-state index in [1.807, 2.05) is 48.5 Å². The summed E-state index contributed by atoms with van der Waals surface area (Å²) in [5.74, 6) is -0.0454. The van der Waals surface area contributed by atoms with E-state index in [1.54, 1.807) is 4.90 Å². The Bertz CT molecular complexity index is 720. The molecule has 1 heterocycles. The number of nitrogens with one attached hydrogen (secondary N) is 1. The van der Waals surface area contributed by atoms with E-state index >= 15 is 0 Å². The summed E-state index contributed by atoms with van der Waals surface area (Å²) >= 11 is 6.19. The van der Waals surface area contributed by atoms with Crippen LogP contribution in [0.25, 0.3) is 0 Å². The van der Waals surface area contributed by atoms with Crippen LogP contribution in [0.5, 0.6) is 0 Å². The summed E-state index contributed by atoms with van der Waals surface area (Å²) in [7, 11) is 0. The Labute approximate surface area is 147 Å². The standard InChI is InChI=1S/C19H21ClN2O2/c20-17-9-3-1-6-14(17)12-21-18-10-4-2-8-16(18)19(24)22-11-5-7-15(23)13-22/h1-4,6,8-10,15,21,23H,5,7,11-13H2. The molecular weight excluding hydrogens is 324 g/mol. The minimum Gasteiger partial charge on any atom is -0.391 e. The molecule has 0 bridgehead atoms. The number of carbonyl (C=O) groups is 1. The lowest BCUT2D eigenvalue weighted by Crippen LogP contribution is -2.42. The molecule has 24 heavy (non-hydrogen) atoms. The van der Waals surface area contributed by atoms with Crippen LogP contribution >= 0.6 is 11.6 Å². The topological polar surface area (TPSA) is 52.6 Å². The molecule has 4 nitrogen and oxygen atoms in total. The summed E-state index contributed by atoms with van der Waals surface area (Å²) in [4.78, 5) is 14.5. The van der Waals surface area contributed by atoms with Gasteiger partial charge in [0.05, 0.1) is 11.7 Å². The predicted molar refractivity (Wildman–Crippen MR) is 96.4 cm³/mol. The van der Waals surface area contributed by atoms with Crippen LogP contribution in [0.2, 0.25) is 5.02 Å². The third kappa shape index (κ3) is 3.89.